The van der Waals surface area contributed by atoms with Gasteiger partial charge in [-0.1, -0.05) is 11.3 Å². The number of nitrogens with zero attached hydrogens (tertiary/aromatic N) is 5. The van der Waals surface area contributed by atoms with Crippen LogP contribution in [0.25, 0.3) is 0 Å². The van der Waals surface area contributed by atoms with Crippen LogP contribution in [0.1, 0.15) is 11.9 Å². The van der Waals surface area contributed by atoms with Crippen LogP contribution in [0, 0.1) is 5.82 Å². The summed E-state index contributed by atoms with van der Waals surface area (Å²) in [7, 11) is 0. The third kappa shape index (κ3) is 6.34. The highest BCUT2D eigenvalue weighted by Gasteiger charge is 2.36. The first-order valence-electron chi connectivity index (χ1n) is 11.0. The van der Waals surface area contributed by atoms with Gasteiger partial charge in [-0.15, -0.1) is 10.2 Å². The number of rotatable bonds is 5. The fraction of sp³-hybridized carbons (Fsp3) is 0.450. The molecule has 3 N–H and O–H groups in total. The molecule has 2 saturated heterocycles. The molecule has 0 saturated carbocycles. The van der Waals surface area contributed by atoms with E-state index in [9.17, 15) is 27.6 Å². The van der Waals surface area contributed by atoms with Gasteiger partial charge >= 0.3 is 18.3 Å². The van der Waals surface area contributed by atoms with E-state index in [2.05, 4.69) is 26.3 Å². The molecule has 0 spiro atoms. The second-order valence-electron chi connectivity index (χ2n) is 8.08. The number of hydrogen-bond donors (Lipinski definition) is 3. The first kappa shape index (κ1) is 26.3. The van der Waals surface area contributed by atoms with Crippen LogP contribution in [0.2, 0.25) is 0 Å². The molecule has 37 heavy (non-hydrogen) atoms. The number of alkyl halides is 3. The molecular weight excluding hydrogens is 524 g/mol. The Morgan fingerprint density at radius 3 is 2.70 bits per heavy atom. The van der Waals surface area contributed by atoms with Crippen LogP contribution in [-0.4, -0.2) is 78.6 Å². The van der Waals surface area contributed by atoms with Gasteiger partial charge in [0.15, 0.2) is 0 Å². The molecule has 17 heteroatoms. The number of hydrazine groups is 1. The van der Waals surface area contributed by atoms with Gasteiger partial charge in [0.2, 0.25) is 16.0 Å². The minimum atomic E-state index is -4.66. The summed E-state index contributed by atoms with van der Waals surface area (Å²) in [5.41, 5.74) is 3.37. The van der Waals surface area contributed by atoms with E-state index in [1.807, 2.05) is 0 Å². The Hall–Kier alpha value is -3.73. The van der Waals surface area contributed by atoms with Crippen molar-refractivity contribution >= 4 is 45.9 Å². The minimum absolute atomic E-state index is 0.0846. The summed E-state index contributed by atoms with van der Waals surface area (Å²) >= 11 is 0.204. The van der Waals surface area contributed by atoms with Crippen molar-refractivity contribution in [3.05, 3.63) is 29.0 Å². The SMILES string of the molecule is CC(=O)NC[C@H]1CN(c2ccc(N3CCNN(C(=O)Nc4nnc(C(F)(F)F)s4)CC3)c(F)c2)C(=O)O1. The Kier molecular flexibility index (Phi) is 7.63. The summed E-state index contributed by atoms with van der Waals surface area (Å²) in [4.78, 5) is 38.7. The van der Waals surface area contributed by atoms with E-state index < -0.39 is 35.2 Å². The van der Waals surface area contributed by atoms with Crippen molar-refractivity contribution in [1.29, 1.82) is 0 Å². The number of amides is 4. The molecule has 4 rings (SSSR count). The molecule has 0 unspecified atom stereocenters. The average molecular weight is 547 g/mol. The molecule has 0 bridgehead atoms. The van der Waals surface area contributed by atoms with Gasteiger partial charge < -0.3 is 15.0 Å². The van der Waals surface area contributed by atoms with Crippen molar-refractivity contribution in [3.63, 3.8) is 0 Å². The molecule has 1 aromatic heterocycles. The van der Waals surface area contributed by atoms with E-state index in [0.717, 1.165) is 5.01 Å². The van der Waals surface area contributed by atoms with Gasteiger partial charge in [-0.05, 0) is 18.2 Å². The number of hydrogen-bond acceptors (Lipinski definition) is 9. The Morgan fingerprint density at radius 2 is 2.03 bits per heavy atom. The molecule has 2 fully saturated rings. The number of ether oxygens (including phenoxy) is 1. The number of benzene rings is 1. The maximum Gasteiger partial charge on any atom is 0.445 e. The van der Waals surface area contributed by atoms with E-state index in [4.69, 9.17) is 4.74 Å². The number of urea groups is 1. The summed E-state index contributed by atoms with van der Waals surface area (Å²) in [5.74, 6) is -0.856. The number of nitrogens with one attached hydrogen (secondary N) is 3. The summed E-state index contributed by atoms with van der Waals surface area (Å²) in [6.45, 7) is 2.49. The zero-order valence-electron chi connectivity index (χ0n) is 19.3. The highest BCUT2D eigenvalue weighted by Crippen LogP contribution is 2.33. The van der Waals surface area contributed by atoms with Crippen LogP contribution >= 0.6 is 11.3 Å². The number of halogens is 4. The van der Waals surface area contributed by atoms with Crippen molar-refractivity contribution in [2.75, 3.05) is 54.4 Å². The smallest absolute Gasteiger partial charge is 0.442 e. The number of carbonyl (C=O) groups excluding carboxylic acids is 3. The fourth-order valence-electron chi connectivity index (χ4n) is 3.71. The van der Waals surface area contributed by atoms with Crippen LogP contribution in [0.15, 0.2) is 18.2 Å². The summed E-state index contributed by atoms with van der Waals surface area (Å²) in [5, 5.41) is 10.9. The molecule has 4 amide bonds. The number of cyclic esters (lactones) is 1. The molecule has 0 radical (unpaired) electrons. The number of aromatic nitrogens is 2. The highest BCUT2D eigenvalue weighted by atomic mass is 32.1. The fourth-order valence-corrected chi connectivity index (χ4v) is 4.31. The van der Waals surface area contributed by atoms with Crippen molar-refractivity contribution in [1.82, 2.24) is 25.9 Å². The lowest BCUT2D eigenvalue weighted by molar-refractivity contribution is -0.138. The topological polar surface area (TPSA) is 132 Å². The third-order valence-corrected chi connectivity index (χ3v) is 6.32. The largest absolute Gasteiger partial charge is 0.445 e. The monoisotopic (exact) mass is 546 g/mol. The lowest BCUT2D eigenvalue weighted by Crippen LogP contribution is -2.46. The van der Waals surface area contributed by atoms with Crippen molar-refractivity contribution in [2.24, 2.45) is 0 Å². The van der Waals surface area contributed by atoms with Gasteiger partial charge in [-0.2, -0.15) is 13.2 Å². The zero-order chi connectivity index (χ0) is 26.7. The van der Waals surface area contributed by atoms with E-state index in [0.29, 0.717) is 12.2 Å². The predicted molar refractivity (Wildman–Crippen MR) is 124 cm³/mol. The molecule has 2 aliphatic rings. The van der Waals surface area contributed by atoms with Crippen LogP contribution in [0.4, 0.5) is 43.7 Å². The normalized spacial score (nSPS) is 18.5. The molecule has 1 aromatic carbocycles. The second-order valence-corrected chi connectivity index (χ2v) is 9.05. The highest BCUT2D eigenvalue weighted by molar-refractivity contribution is 7.15. The predicted octanol–water partition coefficient (Wildman–Crippen LogP) is 2.02. The molecular formula is C20H22F4N8O4S. The molecule has 0 aliphatic carbocycles. The maximum absolute atomic E-state index is 15.0. The summed E-state index contributed by atoms with van der Waals surface area (Å²) in [6, 6.07) is 3.54. The van der Waals surface area contributed by atoms with Crippen LogP contribution < -0.4 is 25.9 Å². The molecule has 12 nitrogen and oxygen atoms in total. The third-order valence-electron chi connectivity index (χ3n) is 5.44. The Labute approximate surface area is 211 Å². The van der Waals surface area contributed by atoms with Gasteiger partial charge in [0.05, 0.1) is 31.0 Å². The molecule has 3 heterocycles. The van der Waals surface area contributed by atoms with E-state index in [-0.39, 0.29) is 60.8 Å². The van der Waals surface area contributed by atoms with Crippen molar-refractivity contribution in [3.8, 4) is 0 Å². The van der Waals surface area contributed by atoms with Crippen LogP contribution in [0.5, 0.6) is 0 Å². The summed E-state index contributed by atoms with van der Waals surface area (Å²) < 4.78 is 58.3. The number of anilines is 3. The maximum atomic E-state index is 15.0. The van der Waals surface area contributed by atoms with Gasteiger partial charge in [0.1, 0.15) is 11.9 Å². The quantitative estimate of drug-likeness (QED) is 0.486. The molecule has 200 valence electrons. The van der Waals surface area contributed by atoms with Crippen LogP contribution in [-0.2, 0) is 15.7 Å². The average Bonchev–Trinajstić information content (AvgIpc) is 3.37. The van der Waals surface area contributed by atoms with E-state index in [1.165, 1.54) is 24.0 Å². The standard InChI is InChI=1S/C20H22F4N8O4S/c1-11(33)25-9-13-10-31(19(35)36-13)12-2-3-15(14(21)8-12)30-5-4-26-32(7-6-30)18(34)27-17-29-28-16(37-17)20(22,23)24/h2-3,8,13,26H,4-7,9-10H2,1H3,(H,25,33)(H,27,29,34)/t13-/m0/s1. The van der Waals surface area contributed by atoms with Crippen molar-refractivity contribution in [2.45, 2.75) is 19.2 Å². The minimum Gasteiger partial charge on any atom is -0.442 e. The Bertz CT molecular complexity index is 1180. The zero-order valence-corrected chi connectivity index (χ0v) is 20.2. The lowest BCUT2D eigenvalue weighted by Gasteiger charge is -2.24. The van der Waals surface area contributed by atoms with E-state index >= 15 is 4.39 Å². The summed E-state index contributed by atoms with van der Waals surface area (Å²) in [6.07, 6.45) is -5.88. The van der Waals surface area contributed by atoms with Gasteiger partial charge in [-0.25, -0.2) is 19.4 Å². The van der Waals surface area contributed by atoms with Gasteiger partial charge in [0, 0.05) is 26.6 Å². The second kappa shape index (κ2) is 10.7. The van der Waals surface area contributed by atoms with Gasteiger partial charge in [0.25, 0.3) is 0 Å². The van der Waals surface area contributed by atoms with Crippen LogP contribution in [0.3, 0.4) is 0 Å². The Balaban J connectivity index is 1.35. The first-order chi connectivity index (χ1) is 17.5. The first-order valence-corrected chi connectivity index (χ1v) is 11.8. The molecule has 2 aromatic rings. The molecule has 2 aliphatic heterocycles. The Morgan fingerprint density at radius 1 is 1.24 bits per heavy atom. The van der Waals surface area contributed by atoms with E-state index in [1.54, 1.807) is 11.0 Å². The molecule has 1 atom stereocenters. The number of carbonyl (C=O) groups is 3. The van der Waals surface area contributed by atoms with Crippen molar-refractivity contribution < 1.29 is 36.7 Å². The van der Waals surface area contributed by atoms with Gasteiger partial charge in [-0.3, -0.25) is 20.0 Å². The lowest BCUT2D eigenvalue weighted by atomic mass is 10.2.